The van der Waals surface area contributed by atoms with Crippen molar-refractivity contribution in [1.29, 1.82) is 5.26 Å². The molecular weight excluding hydrogens is 470 g/mol. The maximum atomic E-state index is 12.6. The van der Waals surface area contributed by atoms with Crippen LogP contribution in [0.4, 0.5) is 11.4 Å². The van der Waals surface area contributed by atoms with Crippen LogP contribution >= 0.6 is 0 Å². The largest absolute Gasteiger partial charge is 0.493 e. The number of nitro benzene ring substituents is 1. The van der Waals surface area contributed by atoms with E-state index in [2.05, 4.69) is 29.6 Å². The highest BCUT2D eigenvalue weighted by Gasteiger charge is 2.14. The number of aryl methyl sites for hydroxylation is 1. The van der Waals surface area contributed by atoms with E-state index < -0.39 is 10.8 Å². The smallest absolute Gasteiger partial charge is 0.271 e. The number of hydrogen-bond donors (Lipinski definition) is 1. The van der Waals surface area contributed by atoms with Crippen molar-refractivity contribution in [2.45, 2.75) is 13.5 Å². The molecular formula is C29H23N3O5. The first-order chi connectivity index (χ1) is 17.9. The molecule has 4 aromatic carbocycles. The molecule has 4 rings (SSSR count). The Kier molecular flexibility index (Phi) is 7.45. The quantitative estimate of drug-likeness (QED) is 0.135. The molecule has 0 fully saturated rings. The molecule has 0 heterocycles. The zero-order chi connectivity index (χ0) is 26.4. The van der Waals surface area contributed by atoms with Gasteiger partial charge in [-0.15, -0.1) is 0 Å². The molecule has 0 aliphatic rings. The number of benzene rings is 4. The van der Waals surface area contributed by atoms with Gasteiger partial charge < -0.3 is 14.8 Å². The Bertz CT molecular complexity index is 1570. The van der Waals surface area contributed by atoms with Crippen molar-refractivity contribution in [3.63, 3.8) is 0 Å². The van der Waals surface area contributed by atoms with Crippen molar-refractivity contribution in [3.8, 4) is 17.6 Å². The summed E-state index contributed by atoms with van der Waals surface area (Å²) in [5.41, 5.74) is 2.62. The molecule has 0 radical (unpaired) electrons. The lowest BCUT2D eigenvalue weighted by molar-refractivity contribution is -0.384. The summed E-state index contributed by atoms with van der Waals surface area (Å²) in [6.45, 7) is 2.38. The van der Waals surface area contributed by atoms with E-state index in [1.54, 1.807) is 18.2 Å². The summed E-state index contributed by atoms with van der Waals surface area (Å²) < 4.78 is 11.6. The van der Waals surface area contributed by atoms with Gasteiger partial charge in [0.2, 0.25) is 0 Å². The lowest BCUT2D eigenvalue weighted by atomic mass is 10.0. The minimum atomic E-state index is -0.686. The average molecular weight is 494 g/mol. The normalized spacial score (nSPS) is 11.0. The third kappa shape index (κ3) is 5.74. The van der Waals surface area contributed by atoms with E-state index in [0.29, 0.717) is 23.7 Å². The van der Waals surface area contributed by atoms with E-state index >= 15 is 0 Å². The van der Waals surface area contributed by atoms with Gasteiger partial charge in [-0.05, 0) is 53.1 Å². The lowest BCUT2D eigenvalue weighted by Gasteiger charge is -2.14. The summed E-state index contributed by atoms with van der Waals surface area (Å²) in [7, 11) is 1.51. The molecule has 0 aromatic heterocycles. The van der Waals surface area contributed by atoms with Crippen LogP contribution in [0.1, 0.15) is 16.7 Å². The van der Waals surface area contributed by atoms with Gasteiger partial charge in [0.05, 0.1) is 12.0 Å². The second-order valence-corrected chi connectivity index (χ2v) is 8.21. The van der Waals surface area contributed by atoms with Crippen molar-refractivity contribution in [1.82, 2.24) is 0 Å². The number of nitriles is 1. The molecule has 1 amide bonds. The Hall–Kier alpha value is -5.16. The number of amides is 1. The Balaban J connectivity index is 1.53. The van der Waals surface area contributed by atoms with Crippen molar-refractivity contribution in [2.75, 3.05) is 12.4 Å². The second-order valence-electron chi connectivity index (χ2n) is 8.21. The first kappa shape index (κ1) is 24.9. The molecule has 0 bridgehead atoms. The van der Waals surface area contributed by atoms with Crippen LogP contribution in [-0.4, -0.2) is 17.9 Å². The number of hydrogen-bond acceptors (Lipinski definition) is 6. The van der Waals surface area contributed by atoms with Crippen LogP contribution < -0.4 is 14.8 Å². The summed E-state index contributed by atoms with van der Waals surface area (Å²) in [6.07, 6.45) is 1.41. The number of methoxy groups -OCH3 is 1. The molecule has 0 spiro atoms. The molecule has 0 aliphatic carbocycles. The summed E-state index contributed by atoms with van der Waals surface area (Å²) in [5, 5.41) is 25.3. The molecule has 0 aliphatic heterocycles. The first-order valence-electron chi connectivity index (χ1n) is 11.3. The number of anilines is 1. The molecule has 0 unspecified atom stereocenters. The second kappa shape index (κ2) is 11.1. The number of nitro groups is 1. The molecule has 8 heteroatoms. The topological polar surface area (TPSA) is 114 Å². The van der Waals surface area contributed by atoms with Crippen LogP contribution in [-0.2, 0) is 11.4 Å². The lowest BCUT2D eigenvalue weighted by Crippen LogP contribution is -2.13. The molecule has 4 aromatic rings. The Morgan fingerprint density at radius 1 is 1.05 bits per heavy atom. The number of carbonyl (C=O) groups excluding carboxylic acids is 1. The van der Waals surface area contributed by atoms with Crippen LogP contribution in [0.2, 0.25) is 0 Å². The van der Waals surface area contributed by atoms with E-state index in [9.17, 15) is 20.2 Å². The van der Waals surface area contributed by atoms with Crippen LogP contribution in [0.25, 0.3) is 16.8 Å². The number of rotatable bonds is 8. The number of nitrogens with one attached hydrogen (secondary N) is 1. The van der Waals surface area contributed by atoms with E-state index in [0.717, 1.165) is 21.9 Å². The number of ether oxygens (including phenoxy) is 2. The molecule has 184 valence electrons. The van der Waals surface area contributed by atoms with Gasteiger partial charge in [0.15, 0.2) is 11.5 Å². The van der Waals surface area contributed by atoms with Gasteiger partial charge in [-0.3, -0.25) is 14.9 Å². The fourth-order valence-electron chi connectivity index (χ4n) is 3.89. The minimum Gasteiger partial charge on any atom is -0.493 e. The number of carbonyl (C=O) groups is 1. The zero-order valence-electron chi connectivity index (χ0n) is 20.2. The van der Waals surface area contributed by atoms with E-state index in [4.69, 9.17) is 9.47 Å². The van der Waals surface area contributed by atoms with Crippen molar-refractivity contribution < 1.29 is 19.2 Å². The van der Waals surface area contributed by atoms with Gasteiger partial charge in [-0.25, -0.2) is 0 Å². The Morgan fingerprint density at radius 2 is 1.86 bits per heavy atom. The fraction of sp³-hybridized carbons (Fsp3) is 0.103. The first-order valence-corrected chi connectivity index (χ1v) is 11.3. The fourth-order valence-corrected chi connectivity index (χ4v) is 3.89. The number of fused-ring (bicyclic) bond motifs is 1. The van der Waals surface area contributed by atoms with Gasteiger partial charge in [-0.1, -0.05) is 48.5 Å². The Labute approximate surface area is 213 Å². The third-order valence-electron chi connectivity index (χ3n) is 5.83. The van der Waals surface area contributed by atoms with E-state index in [1.165, 1.54) is 37.5 Å². The maximum absolute atomic E-state index is 12.6. The van der Waals surface area contributed by atoms with Gasteiger partial charge in [0.1, 0.15) is 18.2 Å². The summed E-state index contributed by atoms with van der Waals surface area (Å²) in [5.74, 6) is 0.281. The van der Waals surface area contributed by atoms with Crippen LogP contribution in [0, 0.1) is 28.4 Å². The van der Waals surface area contributed by atoms with Gasteiger partial charge in [0.25, 0.3) is 11.6 Å². The molecule has 1 N–H and O–H groups in total. The van der Waals surface area contributed by atoms with E-state index in [-0.39, 0.29) is 16.9 Å². The highest BCUT2D eigenvalue weighted by atomic mass is 16.6. The van der Waals surface area contributed by atoms with Crippen LogP contribution in [0.5, 0.6) is 11.5 Å². The van der Waals surface area contributed by atoms with Crippen LogP contribution in [0.15, 0.2) is 84.4 Å². The molecule has 37 heavy (non-hydrogen) atoms. The standard InChI is InChI=1S/C29H23N3O5/c1-19-10-12-21-6-3-4-9-25(21)26(19)18-37-27-13-11-20(15-28(27)36-2)14-22(17-30)29(33)31-23-7-5-8-24(16-23)32(34)35/h3-16H,18H2,1-2H3,(H,31,33)/b22-14+. The predicted octanol–water partition coefficient (Wildman–Crippen LogP) is 6.19. The predicted molar refractivity (Wildman–Crippen MR) is 141 cm³/mol. The molecule has 0 saturated heterocycles. The number of nitrogens with zero attached hydrogens (tertiary/aromatic N) is 2. The van der Waals surface area contributed by atoms with Gasteiger partial charge in [0, 0.05) is 23.4 Å². The highest BCUT2D eigenvalue weighted by Crippen LogP contribution is 2.31. The summed E-state index contributed by atoms with van der Waals surface area (Å²) in [4.78, 5) is 23.0. The summed E-state index contributed by atoms with van der Waals surface area (Å²) in [6, 6.07) is 24.7. The summed E-state index contributed by atoms with van der Waals surface area (Å²) >= 11 is 0. The monoisotopic (exact) mass is 493 g/mol. The van der Waals surface area contributed by atoms with Crippen molar-refractivity contribution in [2.24, 2.45) is 0 Å². The minimum absolute atomic E-state index is 0.167. The van der Waals surface area contributed by atoms with Crippen LogP contribution in [0.3, 0.4) is 0 Å². The average Bonchev–Trinajstić information content (AvgIpc) is 2.91. The van der Waals surface area contributed by atoms with Crippen molar-refractivity contribution >= 4 is 34.1 Å². The molecule has 8 nitrogen and oxygen atoms in total. The SMILES string of the molecule is COc1cc(/C=C(\C#N)C(=O)Nc2cccc([N+](=O)[O-])c2)ccc1OCc1c(C)ccc2ccccc12. The molecule has 0 saturated carbocycles. The van der Waals surface area contributed by atoms with E-state index in [1.807, 2.05) is 25.1 Å². The zero-order valence-corrected chi connectivity index (χ0v) is 20.2. The third-order valence-corrected chi connectivity index (χ3v) is 5.83. The maximum Gasteiger partial charge on any atom is 0.271 e. The highest BCUT2D eigenvalue weighted by molar-refractivity contribution is 6.09. The molecule has 0 atom stereocenters. The number of non-ortho nitro benzene ring substituents is 1. The van der Waals surface area contributed by atoms with Gasteiger partial charge >= 0.3 is 0 Å². The van der Waals surface area contributed by atoms with Gasteiger partial charge in [-0.2, -0.15) is 5.26 Å². The van der Waals surface area contributed by atoms with Crippen molar-refractivity contribution in [3.05, 3.63) is 111 Å². The Morgan fingerprint density at radius 3 is 2.62 bits per heavy atom.